The topological polar surface area (TPSA) is 6.48 Å². The summed E-state index contributed by atoms with van der Waals surface area (Å²) in [6, 6.07) is 10.6. The summed E-state index contributed by atoms with van der Waals surface area (Å²) < 4.78 is 0. The highest BCUT2D eigenvalue weighted by Gasteiger charge is 2.39. The van der Waals surface area contributed by atoms with Crippen LogP contribution in [0.15, 0.2) is 24.3 Å². The van der Waals surface area contributed by atoms with E-state index in [1.807, 2.05) is 0 Å². The van der Waals surface area contributed by atoms with E-state index in [-0.39, 0.29) is 0 Å². The Morgan fingerprint density at radius 3 is 2.65 bits per heavy atom. The molecule has 1 aliphatic carbocycles. The molecule has 0 spiro atoms. The molecule has 2 heteroatoms. The lowest BCUT2D eigenvalue weighted by atomic mass is 9.80. The number of aryl methyl sites for hydroxylation is 1. The maximum Gasteiger partial charge on any atom is 0.0351 e. The second-order valence-electron chi connectivity index (χ2n) is 6.98. The smallest absolute Gasteiger partial charge is 0.0351 e. The van der Waals surface area contributed by atoms with Crippen molar-refractivity contribution in [1.29, 1.82) is 0 Å². The fourth-order valence-corrected chi connectivity index (χ4v) is 4.78. The van der Waals surface area contributed by atoms with E-state index in [4.69, 9.17) is 0 Å². The Bertz CT molecular complexity index is 476. The van der Waals surface area contributed by atoms with E-state index in [1.54, 1.807) is 11.1 Å². The van der Waals surface area contributed by atoms with E-state index in [0.717, 1.165) is 12.0 Å². The normalized spacial score (nSPS) is 36.1. The molecular formula is C18H26N2. The number of fused-ring (bicyclic) bond motifs is 4. The predicted molar refractivity (Wildman–Crippen MR) is 82.8 cm³/mol. The first kappa shape index (κ1) is 12.8. The van der Waals surface area contributed by atoms with Crippen LogP contribution in [0, 0.1) is 5.92 Å². The highest BCUT2D eigenvalue weighted by molar-refractivity contribution is 5.32. The highest BCUT2D eigenvalue weighted by atomic mass is 15.3. The Hall–Kier alpha value is -0.860. The summed E-state index contributed by atoms with van der Waals surface area (Å²) in [5, 5.41) is 0. The monoisotopic (exact) mass is 270 g/mol. The summed E-state index contributed by atoms with van der Waals surface area (Å²) in [4.78, 5) is 5.41. The third kappa shape index (κ3) is 2.10. The molecule has 0 aromatic heterocycles. The van der Waals surface area contributed by atoms with Gasteiger partial charge in [0.05, 0.1) is 0 Å². The molecule has 3 heterocycles. The van der Waals surface area contributed by atoms with E-state index >= 15 is 0 Å². The summed E-state index contributed by atoms with van der Waals surface area (Å²) in [6.07, 6.45) is 6.82. The molecule has 2 bridgehead atoms. The fourth-order valence-electron chi connectivity index (χ4n) is 4.78. The summed E-state index contributed by atoms with van der Waals surface area (Å²) in [5.74, 6) is 0.944. The van der Waals surface area contributed by atoms with E-state index in [9.17, 15) is 0 Å². The maximum absolute atomic E-state index is 2.73. The van der Waals surface area contributed by atoms with Crippen molar-refractivity contribution in [3.05, 3.63) is 35.4 Å². The molecule has 1 aromatic rings. The number of hydrogen-bond donors (Lipinski definition) is 0. The van der Waals surface area contributed by atoms with Gasteiger partial charge < -0.3 is 4.90 Å². The molecule has 2 atom stereocenters. The third-order valence-corrected chi connectivity index (χ3v) is 5.97. The summed E-state index contributed by atoms with van der Waals surface area (Å²) >= 11 is 0. The molecule has 3 saturated heterocycles. The predicted octanol–water partition coefficient (Wildman–Crippen LogP) is 3.09. The molecule has 3 aliphatic heterocycles. The minimum absolute atomic E-state index is 0.658. The Balaban J connectivity index is 1.59. The van der Waals surface area contributed by atoms with Gasteiger partial charge in [-0.25, -0.2) is 0 Å². The van der Waals surface area contributed by atoms with Gasteiger partial charge in [-0.15, -0.1) is 0 Å². The van der Waals surface area contributed by atoms with Crippen LogP contribution in [0.1, 0.15) is 42.9 Å². The zero-order chi connectivity index (χ0) is 13.5. The number of rotatable bonds is 2. The number of hydrogen-bond acceptors (Lipinski definition) is 2. The van der Waals surface area contributed by atoms with Crippen LogP contribution in [-0.2, 0) is 6.42 Å². The number of likely N-dealkylation sites (N-methyl/N-ethyl adjacent to an activating group) is 1. The SMILES string of the molecule is CN(C1CCCc2ccccc21)[C@@H]1CN2CCC1CC2. The van der Waals surface area contributed by atoms with Gasteiger partial charge in [0.15, 0.2) is 0 Å². The van der Waals surface area contributed by atoms with Gasteiger partial charge in [0.25, 0.3) is 0 Å². The average Bonchev–Trinajstić information content (AvgIpc) is 2.54. The van der Waals surface area contributed by atoms with Gasteiger partial charge in [-0.1, -0.05) is 24.3 Å². The van der Waals surface area contributed by atoms with Crippen LogP contribution in [0.25, 0.3) is 0 Å². The molecule has 0 amide bonds. The van der Waals surface area contributed by atoms with Crippen molar-refractivity contribution in [2.24, 2.45) is 5.92 Å². The summed E-state index contributed by atoms with van der Waals surface area (Å²) in [5.41, 5.74) is 3.20. The van der Waals surface area contributed by atoms with E-state index in [1.165, 1.54) is 51.7 Å². The van der Waals surface area contributed by atoms with Crippen LogP contribution in [0.5, 0.6) is 0 Å². The molecule has 3 fully saturated rings. The van der Waals surface area contributed by atoms with Gasteiger partial charge in [-0.05, 0) is 69.3 Å². The maximum atomic E-state index is 2.73. The molecule has 0 saturated carbocycles. The largest absolute Gasteiger partial charge is 0.302 e. The van der Waals surface area contributed by atoms with Crippen molar-refractivity contribution in [2.75, 3.05) is 26.7 Å². The molecule has 1 aromatic carbocycles. The Labute approximate surface area is 122 Å². The van der Waals surface area contributed by atoms with Crippen molar-refractivity contribution in [1.82, 2.24) is 9.80 Å². The van der Waals surface area contributed by atoms with Crippen LogP contribution in [0.2, 0.25) is 0 Å². The summed E-state index contributed by atoms with van der Waals surface area (Å²) in [7, 11) is 2.39. The zero-order valence-corrected chi connectivity index (χ0v) is 12.6. The summed E-state index contributed by atoms with van der Waals surface area (Å²) in [6.45, 7) is 3.99. The highest BCUT2D eigenvalue weighted by Crippen LogP contribution is 2.39. The Morgan fingerprint density at radius 2 is 1.90 bits per heavy atom. The lowest BCUT2D eigenvalue weighted by Crippen LogP contribution is -2.57. The second kappa shape index (κ2) is 5.16. The zero-order valence-electron chi connectivity index (χ0n) is 12.6. The Kier molecular flexibility index (Phi) is 3.31. The fraction of sp³-hybridized carbons (Fsp3) is 0.667. The number of nitrogens with zero attached hydrogens (tertiary/aromatic N) is 2. The lowest BCUT2D eigenvalue weighted by Gasteiger charge is -2.50. The number of benzene rings is 1. The van der Waals surface area contributed by atoms with Gasteiger partial charge in [0.2, 0.25) is 0 Å². The third-order valence-electron chi connectivity index (χ3n) is 5.97. The first-order valence-corrected chi connectivity index (χ1v) is 8.35. The van der Waals surface area contributed by atoms with Crippen LogP contribution >= 0.6 is 0 Å². The first-order chi connectivity index (χ1) is 9.83. The number of piperidine rings is 3. The molecule has 0 radical (unpaired) electrons. The standard InChI is InChI=1S/C18H26N2/c1-19(18-13-20-11-9-15(18)10-12-20)17-8-4-6-14-5-2-3-7-16(14)17/h2-3,5,7,15,17-18H,4,6,8-13H2,1H3/t17?,18-/m1/s1. The molecule has 2 nitrogen and oxygen atoms in total. The molecule has 1 unspecified atom stereocenters. The van der Waals surface area contributed by atoms with Crippen molar-refractivity contribution in [3.63, 3.8) is 0 Å². The molecule has 20 heavy (non-hydrogen) atoms. The van der Waals surface area contributed by atoms with Crippen LogP contribution < -0.4 is 0 Å². The molecule has 4 aliphatic rings. The van der Waals surface area contributed by atoms with Gasteiger partial charge in [-0.2, -0.15) is 0 Å². The molecule has 0 N–H and O–H groups in total. The average molecular weight is 270 g/mol. The van der Waals surface area contributed by atoms with Gasteiger partial charge in [0, 0.05) is 18.6 Å². The second-order valence-corrected chi connectivity index (χ2v) is 6.98. The van der Waals surface area contributed by atoms with E-state index < -0.39 is 0 Å². The molecule has 108 valence electrons. The lowest BCUT2D eigenvalue weighted by molar-refractivity contribution is -0.00486. The van der Waals surface area contributed by atoms with Crippen molar-refractivity contribution >= 4 is 0 Å². The minimum atomic E-state index is 0.658. The minimum Gasteiger partial charge on any atom is -0.302 e. The molecule has 5 rings (SSSR count). The van der Waals surface area contributed by atoms with Crippen molar-refractivity contribution < 1.29 is 0 Å². The van der Waals surface area contributed by atoms with E-state index in [2.05, 4.69) is 41.1 Å². The van der Waals surface area contributed by atoms with Crippen molar-refractivity contribution in [3.8, 4) is 0 Å². The quantitative estimate of drug-likeness (QED) is 0.815. The van der Waals surface area contributed by atoms with Crippen LogP contribution in [0.4, 0.5) is 0 Å². The van der Waals surface area contributed by atoms with E-state index in [0.29, 0.717) is 6.04 Å². The Morgan fingerprint density at radius 1 is 1.10 bits per heavy atom. The molecular weight excluding hydrogens is 244 g/mol. The van der Waals surface area contributed by atoms with Gasteiger partial charge >= 0.3 is 0 Å². The first-order valence-electron chi connectivity index (χ1n) is 8.35. The van der Waals surface area contributed by atoms with Gasteiger partial charge in [0.1, 0.15) is 0 Å². The van der Waals surface area contributed by atoms with Crippen molar-refractivity contribution in [2.45, 2.75) is 44.2 Å². The van der Waals surface area contributed by atoms with Gasteiger partial charge in [-0.3, -0.25) is 4.90 Å². The van der Waals surface area contributed by atoms with Crippen LogP contribution in [-0.4, -0.2) is 42.5 Å². The van der Waals surface area contributed by atoms with Crippen LogP contribution in [0.3, 0.4) is 0 Å².